The highest BCUT2D eigenvalue weighted by atomic mass is 16.3. The van der Waals surface area contributed by atoms with Crippen molar-refractivity contribution < 1.29 is 10.2 Å². The predicted octanol–water partition coefficient (Wildman–Crippen LogP) is 2.97. The molecule has 0 saturated heterocycles. The second kappa shape index (κ2) is 7.84. The van der Waals surface area contributed by atoms with Crippen molar-refractivity contribution in [3.8, 4) is 17.0 Å². The second-order valence-electron chi connectivity index (χ2n) is 6.06. The molecule has 6 nitrogen and oxygen atoms in total. The van der Waals surface area contributed by atoms with Gasteiger partial charge in [-0.1, -0.05) is 31.2 Å². The Morgan fingerprint density at radius 3 is 2.42 bits per heavy atom. The van der Waals surface area contributed by atoms with Crippen LogP contribution in [0.15, 0.2) is 54.7 Å². The fourth-order valence-electron chi connectivity index (χ4n) is 2.65. The van der Waals surface area contributed by atoms with Crippen LogP contribution in [-0.2, 0) is 12.8 Å². The molecule has 3 aromatic rings. The largest absolute Gasteiger partial charge is 0.508 e. The van der Waals surface area contributed by atoms with E-state index in [0.717, 1.165) is 22.5 Å². The highest BCUT2D eigenvalue weighted by molar-refractivity contribution is 5.62. The topological polar surface area (TPSA) is 104 Å². The molecule has 1 atom stereocenters. The summed E-state index contributed by atoms with van der Waals surface area (Å²) in [5.41, 5.74) is 9.82. The third-order valence-electron chi connectivity index (χ3n) is 4.05. The average Bonchev–Trinajstić information content (AvgIpc) is 2.64. The van der Waals surface area contributed by atoms with E-state index in [1.807, 2.05) is 31.2 Å². The number of anilines is 2. The summed E-state index contributed by atoms with van der Waals surface area (Å²) in [5.74, 6) is 0.770. The molecule has 3 rings (SSSR count). The zero-order chi connectivity index (χ0) is 18.5. The number of phenolic OH excluding ortho intramolecular Hbond substituents is 1. The highest BCUT2D eigenvalue weighted by Crippen LogP contribution is 2.22. The van der Waals surface area contributed by atoms with Gasteiger partial charge in [0.05, 0.1) is 17.6 Å². The van der Waals surface area contributed by atoms with Gasteiger partial charge in [0.1, 0.15) is 17.8 Å². The number of nitrogens with two attached hydrogens (primary N) is 1. The Hall–Kier alpha value is -3.12. The van der Waals surface area contributed by atoms with Crippen LogP contribution < -0.4 is 11.1 Å². The summed E-state index contributed by atoms with van der Waals surface area (Å²) in [6, 6.07) is 14.2. The van der Waals surface area contributed by atoms with Crippen molar-refractivity contribution in [2.24, 2.45) is 0 Å². The van der Waals surface area contributed by atoms with Gasteiger partial charge in [0.15, 0.2) is 0 Å². The van der Waals surface area contributed by atoms with Crippen LogP contribution in [0.1, 0.15) is 18.2 Å². The minimum atomic E-state index is -0.804. The summed E-state index contributed by atoms with van der Waals surface area (Å²) in [6.45, 7) is 1.99. The molecule has 1 unspecified atom stereocenters. The fraction of sp³-hybridized carbons (Fsp3) is 0.200. The van der Waals surface area contributed by atoms with Crippen LogP contribution >= 0.6 is 0 Å². The number of aromatic nitrogens is 2. The number of nitrogens with one attached hydrogen (secondary N) is 1. The lowest BCUT2D eigenvalue weighted by molar-refractivity contribution is 0.203. The van der Waals surface area contributed by atoms with E-state index in [9.17, 15) is 10.2 Å². The molecular formula is C20H22N4O2. The molecule has 2 aromatic carbocycles. The monoisotopic (exact) mass is 350 g/mol. The van der Waals surface area contributed by atoms with E-state index >= 15 is 0 Å². The maximum Gasteiger partial charge on any atom is 0.149 e. The van der Waals surface area contributed by atoms with Gasteiger partial charge in [-0.25, -0.2) is 9.97 Å². The van der Waals surface area contributed by atoms with Gasteiger partial charge in [-0.3, -0.25) is 0 Å². The van der Waals surface area contributed by atoms with Crippen molar-refractivity contribution in [3.63, 3.8) is 0 Å². The SMILES string of the molecule is CCc1nc(-c2ccc(N)cc2)cnc1NC(O)Cc1ccc(O)cc1. The van der Waals surface area contributed by atoms with Crippen molar-refractivity contribution >= 4 is 11.5 Å². The van der Waals surface area contributed by atoms with E-state index in [2.05, 4.69) is 15.3 Å². The van der Waals surface area contributed by atoms with Gasteiger partial charge in [-0.2, -0.15) is 0 Å². The van der Waals surface area contributed by atoms with E-state index in [0.29, 0.717) is 24.3 Å². The van der Waals surface area contributed by atoms with E-state index in [4.69, 9.17) is 5.73 Å². The minimum absolute atomic E-state index is 0.202. The molecule has 26 heavy (non-hydrogen) atoms. The molecule has 0 radical (unpaired) electrons. The molecule has 6 heteroatoms. The number of benzene rings is 2. The Labute approximate surface area is 152 Å². The normalized spacial score (nSPS) is 11.9. The number of nitrogens with zero attached hydrogens (tertiary/aromatic N) is 2. The summed E-state index contributed by atoms with van der Waals surface area (Å²) >= 11 is 0. The summed E-state index contributed by atoms with van der Waals surface area (Å²) in [4.78, 5) is 9.09. The smallest absolute Gasteiger partial charge is 0.149 e. The Morgan fingerprint density at radius 2 is 1.77 bits per heavy atom. The van der Waals surface area contributed by atoms with Crippen molar-refractivity contribution in [1.29, 1.82) is 0 Å². The summed E-state index contributed by atoms with van der Waals surface area (Å²) in [6.07, 6.45) is 1.95. The maximum absolute atomic E-state index is 10.3. The van der Waals surface area contributed by atoms with Gasteiger partial charge in [0.25, 0.3) is 0 Å². The standard InChI is InChI=1S/C20H22N4O2/c1-2-17-20(24-19(26)11-13-3-9-16(25)10-4-13)22-12-18(23-17)14-5-7-15(21)8-6-14/h3-10,12,19,25-26H,2,11,21H2,1H3,(H,22,24). The van der Waals surface area contributed by atoms with Gasteiger partial charge in [0.2, 0.25) is 0 Å². The first-order chi connectivity index (χ1) is 12.5. The highest BCUT2D eigenvalue weighted by Gasteiger charge is 2.12. The van der Waals surface area contributed by atoms with Crippen LogP contribution in [0, 0.1) is 0 Å². The number of phenols is 1. The van der Waals surface area contributed by atoms with Gasteiger partial charge >= 0.3 is 0 Å². The summed E-state index contributed by atoms with van der Waals surface area (Å²) in [5, 5.41) is 22.6. The summed E-state index contributed by atoms with van der Waals surface area (Å²) in [7, 11) is 0. The van der Waals surface area contributed by atoms with Crippen LogP contribution in [0.5, 0.6) is 5.75 Å². The third-order valence-corrected chi connectivity index (χ3v) is 4.05. The van der Waals surface area contributed by atoms with Gasteiger partial charge < -0.3 is 21.3 Å². The zero-order valence-corrected chi connectivity index (χ0v) is 14.6. The number of aliphatic hydroxyl groups is 1. The number of hydrogen-bond donors (Lipinski definition) is 4. The summed E-state index contributed by atoms with van der Waals surface area (Å²) < 4.78 is 0. The molecule has 0 amide bonds. The first-order valence-corrected chi connectivity index (χ1v) is 8.49. The fourth-order valence-corrected chi connectivity index (χ4v) is 2.65. The van der Waals surface area contributed by atoms with Crippen LogP contribution in [0.2, 0.25) is 0 Å². The number of aliphatic hydroxyl groups excluding tert-OH is 1. The van der Waals surface area contributed by atoms with Crippen LogP contribution in [0.4, 0.5) is 11.5 Å². The Kier molecular flexibility index (Phi) is 5.34. The molecule has 0 spiro atoms. The molecule has 5 N–H and O–H groups in total. The quantitative estimate of drug-likeness (QED) is 0.402. The average molecular weight is 350 g/mol. The van der Waals surface area contributed by atoms with Gasteiger partial charge in [-0.05, 0) is 36.2 Å². The Balaban J connectivity index is 1.75. The van der Waals surface area contributed by atoms with Crippen molar-refractivity contribution in [2.45, 2.75) is 26.0 Å². The van der Waals surface area contributed by atoms with Gasteiger partial charge in [-0.15, -0.1) is 0 Å². The third kappa shape index (κ3) is 4.29. The number of rotatable bonds is 6. The van der Waals surface area contributed by atoms with E-state index in [1.165, 1.54) is 0 Å². The van der Waals surface area contributed by atoms with Crippen LogP contribution in [0.3, 0.4) is 0 Å². The lowest BCUT2D eigenvalue weighted by Crippen LogP contribution is -2.23. The zero-order valence-electron chi connectivity index (χ0n) is 14.6. The molecule has 0 bridgehead atoms. The molecule has 0 aliphatic heterocycles. The number of hydrogen-bond acceptors (Lipinski definition) is 6. The van der Waals surface area contributed by atoms with E-state index in [1.54, 1.807) is 30.5 Å². The van der Waals surface area contributed by atoms with Crippen LogP contribution in [-0.4, -0.2) is 26.4 Å². The molecule has 0 aliphatic rings. The Morgan fingerprint density at radius 1 is 1.08 bits per heavy atom. The first-order valence-electron chi connectivity index (χ1n) is 8.49. The van der Waals surface area contributed by atoms with Crippen molar-refractivity contribution in [3.05, 3.63) is 66.0 Å². The maximum atomic E-state index is 10.3. The molecule has 0 aliphatic carbocycles. The number of nitrogen functional groups attached to an aromatic ring is 1. The molecule has 1 heterocycles. The molecular weight excluding hydrogens is 328 g/mol. The molecule has 134 valence electrons. The first kappa shape index (κ1) is 17.7. The van der Waals surface area contributed by atoms with Crippen molar-refractivity contribution in [1.82, 2.24) is 9.97 Å². The predicted molar refractivity (Wildman–Crippen MR) is 103 cm³/mol. The van der Waals surface area contributed by atoms with E-state index in [-0.39, 0.29) is 5.75 Å². The molecule has 1 aromatic heterocycles. The molecule has 0 fully saturated rings. The van der Waals surface area contributed by atoms with Crippen molar-refractivity contribution in [2.75, 3.05) is 11.1 Å². The second-order valence-corrected chi connectivity index (χ2v) is 6.06. The van der Waals surface area contributed by atoms with E-state index < -0.39 is 6.23 Å². The lowest BCUT2D eigenvalue weighted by atomic mass is 10.1. The van der Waals surface area contributed by atoms with Crippen LogP contribution in [0.25, 0.3) is 11.3 Å². The molecule has 0 saturated carbocycles. The lowest BCUT2D eigenvalue weighted by Gasteiger charge is -2.16. The van der Waals surface area contributed by atoms with Gasteiger partial charge in [0, 0.05) is 17.7 Å². The number of aryl methyl sites for hydroxylation is 1. The Bertz CT molecular complexity index is 864. The number of aromatic hydroxyl groups is 1. The minimum Gasteiger partial charge on any atom is -0.508 e.